The van der Waals surface area contributed by atoms with Crippen LogP contribution in [-0.2, 0) is 43.8 Å². The summed E-state index contributed by atoms with van der Waals surface area (Å²) in [5.41, 5.74) is 0.856. The van der Waals surface area contributed by atoms with Gasteiger partial charge in [-0.25, -0.2) is 17.4 Å². The summed E-state index contributed by atoms with van der Waals surface area (Å²) < 4.78 is 46.9. The van der Waals surface area contributed by atoms with E-state index in [1.54, 1.807) is 18.2 Å². The second-order valence-electron chi connectivity index (χ2n) is 12.1. The van der Waals surface area contributed by atoms with Crippen molar-refractivity contribution in [3.05, 3.63) is 36.4 Å². The van der Waals surface area contributed by atoms with Crippen molar-refractivity contribution in [3.63, 3.8) is 0 Å². The molecule has 4 amide bonds. The maximum atomic E-state index is 13.7. The van der Waals surface area contributed by atoms with Crippen molar-refractivity contribution in [2.75, 3.05) is 50.7 Å². The lowest BCUT2D eigenvalue weighted by molar-refractivity contribution is -0.123. The van der Waals surface area contributed by atoms with E-state index in [9.17, 15) is 27.0 Å². The predicted octanol–water partition coefficient (Wildman–Crippen LogP) is 1.99. The summed E-state index contributed by atoms with van der Waals surface area (Å²) in [6, 6.07) is 9.57. The van der Waals surface area contributed by atoms with Gasteiger partial charge in [-0.05, 0) is 44.2 Å². The van der Waals surface area contributed by atoms with Gasteiger partial charge in [0.1, 0.15) is 14.8 Å². The fraction of sp³-hybridized carbons (Fsp3) is 0.581. The number of hydrogen-bond donors (Lipinski definition) is 5. The van der Waals surface area contributed by atoms with Crippen LogP contribution in [0, 0.1) is 0 Å². The zero-order valence-electron chi connectivity index (χ0n) is 27.5. The predicted molar refractivity (Wildman–Crippen MR) is 194 cm³/mol. The smallest absolute Gasteiger partial charge is 0.315 e. The van der Waals surface area contributed by atoms with E-state index in [0.29, 0.717) is 36.4 Å². The fourth-order valence-corrected chi connectivity index (χ4v) is 9.72. The van der Waals surface area contributed by atoms with E-state index < -0.39 is 30.7 Å². The molecule has 4 rings (SSSR count). The Balaban J connectivity index is 1.29. The van der Waals surface area contributed by atoms with E-state index in [2.05, 4.69) is 26.0 Å². The van der Waals surface area contributed by atoms with Gasteiger partial charge in [0, 0.05) is 72.3 Å². The molecule has 2 aliphatic rings. The van der Waals surface area contributed by atoms with Crippen molar-refractivity contribution in [1.29, 1.82) is 0 Å². The van der Waals surface area contributed by atoms with Crippen LogP contribution in [0.4, 0.5) is 10.5 Å². The normalized spacial score (nSPS) is 20.7. The summed E-state index contributed by atoms with van der Waals surface area (Å²) in [6.07, 6.45) is 4.14. The Kier molecular flexibility index (Phi) is 13.7. The van der Waals surface area contributed by atoms with Crippen LogP contribution in [0.1, 0.15) is 44.9 Å². The molecular formula is C31H46N6O7S4. The Morgan fingerprint density at radius 3 is 2.52 bits per heavy atom. The topological polar surface area (TPSA) is 175 Å². The van der Waals surface area contributed by atoms with E-state index in [1.807, 2.05) is 42.9 Å². The minimum Gasteiger partial charge on any atom is -0.377 e. The molecule has 0 radical (unpaired) electrons. The number of urea groups is 1. The SMILES string of the molecule is COS(=O)(=S)CCNC(=O)C(CCCCNC(=O)CCCCC1SCC2NC(=O)NC21)NS(=O)(=O)c1cccc2c(N(C)C)cccc12. The number of fused-ring (bicyclic) bond motifs is 2. The highest BCUT2D eigenvalue weighted by molar-refractivity contribution is 8.30. The van der Waals surface area contributed by atoms with Gasteiger partial charge in [0.05, 0.1) is 29.8 Å². The summed E-state index contributed by atoms with van der Waals surface area (Å²) in [6.45, 7) is 0.346. The summed E-state index contributed by atoms with van der Waals surface area (Å²) in [7, 11) is -2.14. The lowest BCUT2D eigenvalue weighted by Crippen LogP contribution is -2.47. The van der Waals surface area contributed by atoms with E-state index in [4.69, 9.17) is 15.4 Å². The molecule has 266 valence electrons. The summed E-state index contributed by atoms with van der Waals surface area (Å²) in [5, 5.41) is 13.1. The highest BCUT2D eigenvalue weighted by Gasteiger charge is 2.42. The first-order valence-electron chi connectivity index (χ1n) is 16.0. The van der Waals surface area contributed by atoms with Gasteiger partial charge in [-0.15, -0.1) is 0 Å². The van der Waals surface area contributed by atoms with Gasteiger partial charge < -0.3 is 26.2 Å². The van der Waals surface area contributed by atoms with Gasteiger partial charge >= 0.3 is 6.03 Å². The van der Waals surface area contributed by atoms with Crippen molar-refractivity contribution in [2.24, 2.45) is 0 Å². The summed E-state index contributed by atoms with van der Waals surface area (Å²) >= 11 is 6.73. The number of nitrogens with one attached hydrogen (secondary N) is 5. The highest BCUT2D eigenvalue weighted by Crippen LogP contribution is 2.33. The molecule has 0 spiro atoms. The number of benzene rings is 2. The number of rotatable bonds is 19. The molecule has 0 bridgehead atoms. The molecule has 2 aromatic carbocycles. The van der Waals surface area contributed by atoms with Crippen molar-refractivity contribution in [3.8, 4) is 0 Å². The van der Waals surface area contributed by atoms with E-state index in [-0.39, 0.29) is 47.6 Å². The van der Waals surface area contributed by atoms with Gasteiger partial charge in [0.2, 0.25) is 21.8 Å². The monoisotopic (exact) mass is 742 g/mol. The second kappa shape index (κ2) is 17.3. The van der Waals surface area contributed by atoms with Gasteiger partial charge in [0.25, 0.3) is 0 Å². The fourth-order valence-electron chi connectivity index (χ4n) is 5.95. The molecule has 2 saturated heterocycles. The Morgan fingerprint density at radius 2 is 1.77 bits per heavy atom. The number of thioether (sulfide) groups is 1. The number of carbonyl (C=O) groups is 3. The van der Waals surface area contributed by atoms with Gasteiger partial charge in [0.15, 0.2) is 0 Å². The molecule has 2 aliphatic heterocycles. The van der Waals surface area contributed by atoms with Crippen molar-refractivity contribution >= 4 is 76.1 Å². The van der Waals surface area contributed by atoms with Crippen molar-refractivity contribution in [2.45, 2.75) is 73.2 Å². The molecule has 17 heteroatoms. The third kappa shape index (κ3) is 10.4. The van der Waals surface area contributed by atoms with Crippen molar-refractivity contribution < 1.29 is 31.2 Å². The van der Waals surface area contributed by atoms with Crippen LogP contribution in [0.25, 0.3) is 10.8 Å². The molecule has 5 unspecified atom stereocenters. The van der Waals surface area contributed by atoms with Crippen LogP contribution in [0.2, 0.25) is 0 Å². The Hall–Kier alpha value is -2.70. The third-order valence-electron chi connectivity index (χ3n) is 8.47. The minimum atomic E-state index is -4.14. The van der Waals surface area contributed by atoms with Crippen LogP contribution >= 0.6 is 11.8 Å². The minimum absolute atomic E-state index is 0.0457. The van der Waals surface area contributed by atoms with Crippen LogP contribution < -0.4 is 30.9 Å². The van der Waals surface area contributed by atoms with E-state index >= 15 is 0 Å². The maximum absolute atomic E-state index is 13.7. The Bertz CT molecular complexity index is 1670. The molecular weight excluding hydrogens is 697 g/mol. The van der Waals surface area contributed by atoms with Crippen LogP contribution in [0.5, 0.6) is 0 Å². The van der Waals surface area contributed by atoms with Crippen LogP contribution in [-0.4, -0.2) is 99.6 Å². The van der Waals surface area contributed by atoms with Gasteiger partial charge in [-0.2, -0.15) is 16.5 Å². The quantitative estimate of drug-likeness (QED) is 0.106. The first-order chi connectivity index (χ1) is 22.8. The number of amides is 4. The van der Waals surface area contributed by atoms with E-state index in [0.717, 1.165) is 36.1 Å². The van der Waals surface area contributed by atoms with Gasteiger partial charge in [-0.3, -0.25) is 13.8 Å². The zero-order valence-corrected chi connectivity index (χ0v) is 30.8. The number of unbranched alkanes of at least 4 members (excludes halogenated alkanes) is 2. The molecule has 0 aliphatic carbocycles. The van der Waals surface area contributed by atoms with E-state index in [1.165, 1.54) is 13.2 Å². The molecule has 2 aromatic rings. The first-order valence-corrected chi connectivity index (χ1v) is 21.1. The average molecular weight is 743 g/mol. The zero-order chi connectivity index (χ0) is 34.9. The highest BCUT2D eigenvalue weighted by atomic mass is 32.8. The van der Waals surface area contributed by atoms with Crippen LogP contribution in [0.15, 0.2) is 41.3 Å². The summed E-state index contributed by atoms with van der Waals surface area (Å²) in [4.78, 5) is 39.2. The number of nitrogens with zero attached hydrogens (tertiary/aromatic N) is 1. The first kappa shape index (κ1) is 38.1. The second-order valence-corrected chi connectivity index (χ2v) is 18.5. The molecule has 5 atom stereocenters. The third-order valence-corrected chi connectivity index (χ3v) is 13.6. The molecule has 2 fully saturated rings. The average Bonchev–Trinajstić information content (AvgIpc) is 3.60. The van der Waals surface area contributed by atoms with Crippen LogP contribution in [0.3, 0.4) is 0 Å². The molecule has 0 saturated carbocycles. The maximum Gasteiger partial charge on any atom is 0.315 e. The standard InChI is InChI=1S/C31H46N6O7S4/c1-37(2)25-13-8-11-22-21(25)10-9-15-27(22)48(42,43)36-23(30(39)33-18-19-47(41,45)44-3)12-6-7-17-32-28(38)16-5-4-14-26-29-24(20-46-26)34-31(40)35-29/h8-11,13,15,23-24,26,29,36H,4-7,12,14,16-20H2,1-3H3,(H,32,38)(H,33,39)(H2,34,35,40). The molecule has 0 aromatic heterocycles. The number of carbonyl (C=O) groups excluding carboxylic acids is 3. The lowest BCUT2D eigenvalue weighted by Gasteiger charge is -2.20. The molecule has 48 heavy (non-hydrogen) atoms. The number of anilines is 1. The number of sulfonamides is 1. The largest absolute Gasteiger partial charge is 0.377 e. The van der Waals surface area contributed by atoms with Gasteiger partial charge in [-0.1, -0.05) is 30.7 Å². The molecule has 13 nitrogen and oxygen atoms in total. The summed E-state index contributed by atoms with van der Waals surface area (Å²) in [5.74, 6) is 0.180. The molecule has 5 N–H and O–H groups in total. The molecule has 2 heterocycles. The number of hydrogen-bond acceptors (Lipinski definition) is 10. The Morgan fingerprint density at radius 1 is 1.02 bits per heavy atom. The Labute approximate surface area is 292 Å². The lowest BCUT2D eigenvalue weighted by atomic mass is 10.0. The van der Waals surface area contributed by atoms with Crippen molar-refractivity contribution in [1.82, 2.24) is 26.0 Å².